The first-order chi connectivity index (χ1) is 13.9. The van der Waals surface area contributed by atoms with E-state index in [-0.39, 0.29) is 21.4 Å². The van der Waals surface area contributed by atoms with Crippen molar-refractivity contribution in [2.45, 2.75) is 31.1 Å². The van der Waals surface area contributed by atoms with Gasteiger partial charge < -0.3 is 10.1 Å². The van der Waals surface area contributed by atoms with Crippen LogP contribution in [0.2, 0.25) is 5.02 Å². The van der Waals surface area contributed by atoms with E-state index in [0.29, 0.717) is 26.2 Å². The predicted molar refractivity (Wildman–Crippen MR) is 113 cm³/mol. The van der Waals surface area contributed by atoms with Crippen LogP contribution >= 0.6 is 11.6 Å². The highest BCUT2D eigenvalue weighted by Gasteiger charge is 2.28. The average molecular weight is 437 g/mol. The number of benzene rings is 2. The molecule has 1 N–H and O–H groups in total. The third-order valence-electron chi connectivity index (χ3n) is 4.77. The quantitative estimate of drug-likeness (QED) is 0.672. The number of sulfonamides is 1. The van der Waals surface area contributed by atoms with Crippen molar-refractivity contribution in [3.05, 3.63) is 58.6 Å². The molecule has 0 unspecified atom stereocenters. The zero-order chi connectivity index (χ0) is 20.9. The molecule has 0 spiro atoms. The van der Waals surface area contributed by atoms with Crippen LogP contribution in [-0.4, -0.2) is 44.9 Å². The molecule has 0 atom stereocenters. The monoisotopic (exact) mass is 436 g/mol. The van der Waals surface area contributed by atoms with Crippen molar-refractivity contribution in [3.8, 4) is 5.75 Å². The highest BCUT2D eigenvalue weighted by Crippen LogP contribution is 2.27. The number of piperidine rings is 1. The van der Waals surface area contributed by atoms with Gasteiger partial charge in [0.05, 0.1) is 11.6 Å². The topological polar surface area (TPSA) is 75.7 Å². The number of aryl methyl sites for hydroxylation is 1. The first kappa shape index (κ1) is 21.6. The van der Waals surface area contributed by atoms with E-state index < -0.39 is 10.0 Å². The third-order valence-corrected chi connectivity index (χ3v) is 7.15. The van der Waals surface area contributed by atoms with Gasteiger partial charge in [-0.1, -0.05) is 30.2 Å². The van der Waals surface area contributed by atoms with E-state index in [2.05, 4.69) is 5.32 Å². The maximum atomic E-state index is 12.9. The fourth-order valence-corrected chi connectivity index (χ4v) is 5.24. The Labute approximate surface area is 176 Å². The van der Waals surface area contributed by atoms with E-state index in [1.54, 1.807) is 0 Å². The lowest BCUT2D eigenvalue weighted by Crippen LogP contribution is -2.36. The van der Waals surface area contributed by atoms with Gasteiger partial charge in [-0.15, -0.1) is 0 Å². The molecule has 3 rings (SSSR count). The molecule has 0 saturated carbocycles. The first-order valence-electron chi connectivity index (χ1n) is 9.65. The van der Waals surface area contributed by atoms with Crippen molar-refractivity contribution in [1.82, 2.24) is 9.62 Å². The van der Waals surface area contributed by atoms with Gasteiger partial charge in [-0.2, -0.15) is 4.31 Å². The van der Waals surface area contributed by atoms with Gasteiger partial charge in [-0.05, 0) is 55.7 Å². The lowest BCUT2D eigenvalue weighted by atomic mass is 10.2. The minimum Gasteiger partial charge on any atom is -0.492 e. The van der Waals surface area contributed by atoms with Crippen LogP contribution in [0, 0.1) is 6.92 Å². The molecular weight excluding hydrogens is 412 g/mol. The summed E-state index contributed by atoms with van der Waals surface area (Å²) >= 11 is 6.15. The molecule has 0 aliphatic carbocycles. The minimum atomic E-state index is -3.72. The lowest BCUT2D eigenvalue weighted by molar-refractivity contribution is 0.0946. The van der Waals surface area contributed by atoms with Crippen molar-refractivity contribution in [2.75, 3.05) is 26.2 Å². The molecule has 1 aliphatic rings. The molecule has 2 aromatic rings. The smallest absolute Gasteiger partial charge is 0.251 e. The summed E-state index contributed by atoms with van der Waals surface area (Å²) < 4.78 is 32.9. The van der Waals surface area contributed by atoms with E-state index in [4.69, 9.17) is 16.3 Å². The van der Waals surface area contributed by atoms with Gasteiger partial charge in [0.2, 0.25) is 10.0 Å². The van der Waals surface area contributed by atoms with Crippen LogP contribution in [0.25, 0.3) is 0 Å². The molecule has 1 heterocycles. The van der Waals surface area contributed by atoms with Crippen LogP contribution in [0.3, 0.4) is 0 Å². The Morgan fingerprint density at radius 1 is 1.14 bits per heavy atom. The summed E-state index contributed by atoms with van der Waals surface area (Å²) in [5.41, 5.74) is 1.34. The van der Waals surface area contributed by atoms with Crippen molar-refractivity contribution < 1.29 is 17.9 Å². The fraction of sp³-hybridized carbons (Fsp3) is 0.381. The number of rotatable bonds is 7. The average Bonchev–Trinajstić information content (AvgIpc) is 2.72. The van der Waals surface area contributed by atoms with Gasteiger partial charge in [0.1, 0.15) is 17.3 Å². The van der Waals surface area contributed by atoms with Crippen molar-refractivity contribution in [3.63, 3.8) is 0 Å². The Balaban J connectivity index is 1.63. The van der Waals surface area contributed by atoms with Gasteiger partial charge >= 0.3 is 0 Å². The van der Waals surface area contributed by atoms with Crippen LogP contribution in [0.1, 0.15) is 35.2 Å². The Kier molecular flexibility index (Phi) is 7.16. The molecule has 8 heteroatoms. The van der Waals surface area contributed by atoms with Crippen LogP contribution in [-0.2, 0) is 10.0 Å². The Morgan fingerprint density at radius 3 is 2.62 bits per heavy atom. The zero-order valence-electron chi connectivity index (χ0n) is 16.4. The summed E-state index contributed by atoms with van der Waals surface area (Å²) in [5, 5.41) is 2.87. The number of hydrogen-bond acceptors (Lipinski definition) is 4. The SMILES string of the molecule is Cc1cccc(OCCNC(=O)c2ccc(Cl)c(S(=O)(=O)N3CCCCC3)c2)c1. The minimum absolute atomic E-state index is 0.0234. The number of nitrogens with one attached hydrogen (secondary N) is 1. The van der Waals surface area contributed by atoms with E-state index in [1.807, 2.05) is 31.2 Å². The van der Waals surface area contributed by atoms with E-state index >= 15 is 0 Å². The highest BCUT2D eigenvalue weighted by molar-refractivity contribution is 7.89. The molecule has 0 radical (unpaired) electrons. The summed E-state index contributed by atoms with van der Waals surface area (Å²) in [6.07, 6.45) is 2.68. The molecule has 29 heavy (non-hydrogen) atoms. The molecular formula is C21H25ClN2O4S. The second-order valence-corrected chi connectivity index (χ2v) is 9.34. The second kappa shape index (κ2) is 9.61. The molecule has 1 amide bonds. The van der Waals surface area contributed by atoms with Gasteiger partial charge in [-0.3, -0.25) is 4.79 Å². The Morgan fingerprint density at radius 2 is 1.90 bits per heavy atom. The summed E-state index contributed by atoms with van der Waals surface area (Å²) in [6, 6.07) is 12.0. The maximum absolute atomic E-state index is 12.9. The zero-order valence-corrected chi connectivity index (χ0v) is 17.9. The largest absolute Gasteiger partial charge is 0.492 e. The fourth-order valence-electron chi connectivity index (χ4n) is 3.23. The first-order valence-corrected chi connectivity index (χ1v) is 11.5. The Bertz CT molecular complexity index is 972. The van der Waals surface area contributed by atoms with Crippen molar-refractivity contribution >= 4 is 27.5 Å². The molecule has 0 bridgehead atoms. The molecule has 1 aliphatic heterocycles. The summed E-state index contributed by atoms with van der Waals surface area (Å²) in [7, 11) is -3.72. The summed E-state index contributed by atoms with van der Waals surface area (Å²) in [6.45, 7) is 3.53. The second-order valence-electron chi connectivity index (χ2n) is 7.03. The molecule has 6 nitrogen and oxygen atoms in total. The van der Waals surface area contributed by atoms with Gasteiger partial charge in [0, 0.05) is 18.7 Å². The predicted octanol–water partition coefficient (Wildman–Crippen LogP) is 3.63. The number of nitrogens with zero attached hydrogens (tertiary/aromatic N) is 1. The van der Waals surface area contributed by atoms with Crippen LogP contribution < -0.4 is 10.1 Å². The number of carbonyl (C=O) groups excluding carboxylic acids is 1. The molecule has 0 aromatic heterocycles. The molecule has 2 aromatic carbocycles. The number of carbonyl (C=O) groups is 1. The van der Waals surface area contributed by atoms with Crippen LogP contribution in [0.5, 0.6) is 5.75 Å². The third kappa shape index (κ3) is 5.50. The van der Waals surface area contributed by atoms with Crippen LogP contribution in [0.15, 0.2) is 47.4 Å². The van der Waals surface area contributed by atoms with Crippen LogP contribution in [0.4, 0.5) is 0 Å². The standard InChI is InChI=1S/C21H25ClN2O4S/c1-16-6-5-7-18(14-16)28-13-10-23-21(25)17-8-9-19(22)20(15-17)29(26,27)24-11-3-2-4-12-24/h5-9,14-15H,2-4,10-13H2,1H3,(H,23,25). The summed E-state index contributed by atoms with van der Waals surface area (Å²) in [5.74, 6) is 0.366. The molecule has 1 fully saturated rings. The number of amides is 1. The maximum Gasteiger partial charge on any atom is 0.251 e. The Hall–Kier alpha value is -2.09. The van der Waals surface area contributed by atoms with E-state index in [9.17, 15) is 13.2 Å². The number of hydrogen-bond donors (Lipinski definition) is 1. The highest BCUT2D eigenvalue weighted by atomic mass is 35.5. The van der Waals surface area contributed by atoms with Gasteiger partial charge in [0.25, 0.3) is 5.91 Å². The lowest BCUT2D eigenvalue weighted by Gasteiger charge is -2.26. The summed E-state index contributed by atoms with van der Waals surface area (Å²) in [4.78, 5) is 12.4. The normalized spacial score (nSPS) is 15.1. The van der Waals surface area contributed by atoms with Crippen molar-refractivity contribution in [2.24, 2.45) is 0 Å². The number of ether oxygens (including phenoxy) is 1. The number of halogens is 1. The van der Waals surface area contributed by atoms with E-state index in [1.165, 1.54) is 22.5 Å². The van der Waals surface area contributed by atoms with Gasteiger partial charge in [-0.25, -0.2) is 8.42 Å². The van der Waals surface area contributed by atoms with Gasteiger partial charge in [0.15, 0.2) is 0 Å². The van der Waals surface area contributed by atoms with Crippen molar-refractivity contribution in [1.29, 1.82) is 0 Å². The van der Waals surface area contributed by atoms with E-state index in [0.717, 1.165) is 30.6 Å². The molecule has 156 valence electrons. The molecule has 1 saturated heterocycles.